The fourth-order valence-corrected chi connectivity index (χ4v) is 8.57. The highest BCUT2D eigenvalue weighted by Crippen LogP contribution is 2.21. The zero-order valence-corrected chi connectivity index (χ0v) is 42.9. The minimum atomic E-state index is -1.41. The quantitative estimate of drug-likeness (QED) is 0.0520. The van der Waals surface area contributed by atoms with Crippen molar-refractivity contribution in [3.63, 3.8) is 0 Å². The highest BCUT2D eigenvalue weighted by atomic mass is 16.3. The number of hydrogen-bond donors (Lipinski definition) is 13. The molecule has 1 heterocycles. The maximum absolute atomic E-state index is 14.4. The summed E-state index contributed by atoms with van der Waals surface area (Å²) in [6.07, 6.45) is -5.19. The van der Waals surface area contributed by atoms with E-state index in [2.05, 4.69) is 31.9 Å². The van der Waals surface area contributed by atoms with Crippen LogP contribution in [-0.2, 0) is 54.4 Å². The largest absolute Gasteiger partial charge is 0.393 e. The van der Waals surface area contributed by atoms with E-state index in [4.69, 9.17) is 28.7 Å². The first-order valence-corrected chi connectivity index (χ1v) is 25.4. The highest BCUT2D eigenvalue weighted by Gasteiger charge is 2.37. The molecule has 18 N–H and O–H groups in total. The molecule has 0 saturated carbocycles. The Bertz CT molecular complexity index is 1990. The SMILES string of the molecule is CC(C)C[C@@H]1NC(=O)[C@@H](Cc2ccccc2)CC(=O)[C@H](CCN)NC(=O)[C@@H](CC(=O)[C@H](CCN)NC(=O)[C@@H](CC(=O)CCN)C(C)O)CCNC(=O)[C@H](C(C)O)CC(=O)[C@H](CCN)NC(=O)[C@H](CCN)NC1=O. The molecule has 1 aromatic rings. The molecule has 1 aliphatic rings. The van der Waals surface area contributed by atoms with Gasteiger partial charge in [-0.15, -0.1) is 0 Å². The van der Waals surface area contributed by atoms with Crippen LogP contribution in [0.5, 0.6) is 0 Å². The van der Waals surface area contributed by atoms with Crippen LogP contribution in [-0.4, -0.2) is 150 Å². The Kier molecular flexibility index (Phi) is 29.0. The van der Waals surface area contributed by atoms with E-state index < -0.39 is 138 Å². The molecule has 2 rings (SSSR count). The van der Waals surface area contributed by atoms with Gasteiger partial charge < -0.3 is 70.8 Å². The lowest BCUT2D eigenvalue weighted by atomic mass is 9.89. The fraction of sp³-hybridized carbons (Fsp3) is 0.680. The van der Waals surface area contributed by atoms with Crippen molar-refractivity contribution in [3.8, 4) is 0 Å². The van der Waals surface area contributed by atoms with Crippen LogP contribution in [0.3, 0.4) is 0 Å². The second-order valence-electron chi connectivity index (χ2n) is 19.4. The van der Waals surface area contributed by atoms with E-state index in [1.165, 1.54) is 13.8 Å². The van der Waals surface area contributed by atoms with Crippen molar-refractivity contribution in [2.75, 3.05) is 39.3 Å². The summed E-state index contributed by atoms with van der Waals surface area (Å²) in [5, 5.41) is 37.2. The highest BCUT2D eigenvalue weighted by molar-refractivity contribution is 5.98. The maximum atomic E-state index is 14.4. The number of carbonyl (C=O) groups is 10. The van der Waals surface area contributed by atoms with E-state index in [0.717, 1.165) is 0 Å². The first-order chi connectivity index (χ1) is 34.6. The minimum Gasteiger partial charge on any atom is -0.393 e. The van der Waals surface area contributed by atoms with Gasteiger partial charge in [0.1, 0.15) is 17.9 Å². The Balaban J connectivity index is 2.75. The van der Waals surface area contributed by atoms with E-state index in [-0.39, 0.29) is 109 Å². The smallest absolute Gasteiger partial charge is 0.243 e. The van der Waals surface area contributed by atoms with Crippen molar-refractivity contribution in [2.45, 2.75) is 147 Å². The Labute approximate surface area is 428 Å². The predicted molar refractivity (Wildman–Crippen MR) is 271 cm³/mol. The van der Waals surface area contributed by atoms with Gasteiger partial charge in [-0.25, -0.2) is 0 Å². The molecule has 1 aliphatic heterocycles. The maximum Gasteiger partial charge on any atom is 0.243 e. The molecule has 0 bridgehead atoms. The number of nitrogens with one attached hydrogen (secondary N) is 6. The van der Waals surface area contributed by atoms with Crippen molar-refractivity contribution in [3.05, 3.63) is 35.9 Å². The number of amides is 6. The summed E-state index contributed by atoms with van der Waals surface area (Å²) in [5.74, 6) is -12.2. The molecule has 0 aliphatic carbocycles. The summed E-state index contributed by atoms with van der Waals surface area (Å²) in [5.41, 5.74) is 29.7. The Hall–Kier alpha value is -5.56. The molecule has 73 heavy (non-hydrogen) atoms. The summed E-state index contributed by atoms with van der Waals surface area (Å²) < 4.78 is 0. The lowest BCUT2D eigenvalue weighted by Crippen LogP contribution is -2.57. The van der Waals surface area contributed by atoms with Gasteiger partial charge in [0, 0.05) is 50.5 Å². The molecule has 0 spiro atoms. The van der Waals surface area contributed by atoms with E-state index in [0.29, 0.717) is 5.56 Å². The summed E-state index contributed by atoms with van der Waals surface area (Å²) >= 11 is 0. The van der Waals surface area contributed by atoms with Gasteiger partial charge in [0.05, 0.1) is 42.2 Å². The monoisotopic (exact) mass is 1030 g/mol. The van der Waals surface area contributed by atoms with E-state index in [1.807, 2.05) is 13.8 Å². The number of ketones is 4. The predicted octanol–water partition coefficient (Wildman–Crippen LogP) is -2.97. The molecule has 410 valence electrons. The number of aliphatic hydroxyl groups excluding tert-OH is 2. The van der Waals surface area contributed by atoms with Gasteiger partial charge in [0.15, 0.2) is 17.3 Å². The van der Waals surface area contributed by atoms with Gasteiger partial charge in [-0.05, 0) is 103 Å². The normalized spacial score (nSPS) is 24.2. The molecule has 0 aromatic heterocycles. The van der Waals surface area contributed by atoms with Crippen LogP contribution in [0.15, 0.2) is 30.3 Å². The number of Topliss-reactive ketones (excluding diaryl/α,β-unsaturated/α-hetero) is 4. The van der Waals surface area contributed by atoms with Crippen molar-refractivity contribution in [2.24, 2.45) is 58.3 Å². The van der Waals surface area contributed by atoms with Gasteiger partial charge in [-0.3, -0.25) is 47.9 Å². The molecule has 1 fully saturated rings. The summed E-state index contributed by atoms with van der Waals surface area (Å²) in [4.78, 5) is 139. The Morgan fingerprint density at radius 2 is 1.19 bits per heavy atom. The molecular formula is C50H83N11O12. The standard InChI is InChI=1S/C50H83N11O12/c1-28(2)22-41-50(73)60-40(14-20-55)49(72)59-39(13-19-54)44(67)27-36(30(4)63)47(70)56-21-15-32(24-42(65)38(12-18-53)58-48(71)35(29(3)62)26-34(64)10-16-51)45(68)57-37(11-17-52)43(66)25-33(46(69)61-41)23-31-8-6-5-7-9-31/h5-9,28-30,32-33,35-41,62-63H,10-27,51-55H2,1-4H3,(H,56,70)(H,57,68)(H,58,71)(H,59,72)(H,60,73)(H,61,69)/t29?,30?,32-,33+,35+,36+,37+,38+,39+,40+,41+/m1/s1. The van der Waals surface area contributed by atoms with E-state index in [1.54, 1.807) is 30.3 Å². The van der Waals surface area contributed by atoms with Gasteiger partial charge in [-0.2, -0.15) is 0 Å². The number of nitrogens with two attached hydrogens (primary N) is 5. The topological polar surface area (TPSA) is 413 Å². The van der Waals surface area contributed by atoms with Crippen LogP contribution in [0.1, 0.15) is 104 Å². The number of carbonyl (C=O) groups excluding carboxylic acids is 10. The number of hydrogen-bond acceptors (Lipinski definition) is 17. The van der Waals surface area contributed by atoms with Crippen molar-refractivity contribution < 1.29 is 58.2 Å². The second-order valence-corrected chi connectivity index (χ2v) is 19.4. The number of aliphatic hydroxyl groups is 2. The van der Waals surface area contributed by atoms with Crippen LogP contribution in [0, 0.1) is 29.6 Å². The Morgan fingerprint density at radius 3 is 1.74 bits per heavy atom. The number of benzene rings is 1. The molecule has 6 amide bonds. The van der Waals surface area contributed by atoms with Crippen LogP contribution in [0.4, 0.5) is 0 Å². The minimum absolute atomic E-state index is 0.0223. The van der Waals surface area contributed by atoms with Crippen molar-refractivity contribution in [1.82, 2.24) is 31.9 Å². The van der Waals surface area contributed by atoms with Crippen LogP contribution in [0.2, 0.25) is 0 Å². The van der Waals surface area contributed by atoms with Crippen molar-refractivity contribution in [1.29, 1.82) is 0 Å². The zero-order chi connectivity index (χ0) is 54.8. The summed E-state index contributed by atoms with van der Waals surface area (Å²) in [7, 11) is 0. The van der Waals surface area contributed by atoms with Gasteiger partial charge in [0.25, 0.3) is 0 Å². The molecule has 2 unspecified atom stereocenters. The first kappa shape index (κ1) is 63.6. The molecule has 1 aromatic carbocycles. The molecule has 1 saturated heterocycles. The molecule has 23 heteroatoms. The van der Waals surface area contributed by atoms with Gasteiger partial charge >= 0.3 is 0 Å². The summed E-state index contributed by atoms with van der Waals surface area (Å²) in [6.45, 7) is 5.61. The van der Waals surface area contributed by atoms with Gasteiger partial charge in [0.2, 0.25) is 35.4 Å². The number of rotatable bonds is 23. The Morgan fingerprint density at radius 1 is 0.658 bits per heavy atom. The van der Waals surface area contributed by atoms with E-state index in [9.17, 15) is 58.2 Å². The lowest BCUT2D eigenvalue weighted by molar-refractivity contribution is -0.137. The van der Waals surface area contributed by atoms with E-state index >= 15 is 0 Å². The average molecular weight is 1030 g/mol. The summed E-state index contributed by atoms with van der Waals surface area (Å²) in [6, 6.07) is 2.43. The average Bonchev–Trinajstić information content (AvgIpc) is 3.32. The van der Waals surface area contributed by atoms with Crippen LogP contribution in [0.25, 0.3) is 0 Å². The third-order valence-corrected chi connectivity index (χ3v) is 12.8. The lowest BCUT2D eigenvalue weighted by Gasteiger charge is -2.28. The molecule has 11 atom stereocenters. The third kappa shape index (κ3) is 22.2. The van der Waals surface area contributed by atoms with Gasteiger partial charge in [-0.1, -0.05) is 44.2 Å². The zero-order valence-electron chi connectivity index (χ0n) is 42.9. The molecule has 0 radical (unpaired) electrons. The molecular weight excluding hydrogens is 947 g/mol. The van der Waals surface area contributed by atoms with Crippen LogP contribution >= 0.6 is 0 Å². The fourth-order valence-electron chi connectivity index (χ4n) is 8.57. The van der Waals surface area contributed by atoms with Crippen molar-refractivity contribution >= 4 is 58.6 Å². The van der Waals surface area contributed by atoms with Crippen LogP contribution < -0.4 is 60.6 Å². The first-order valence-electron chi connectivity index (χ1n) is 25.4. The molecule has 23 nitrogen and oxygen atoms in total. The second kappa shape index (κ2) is 33.3. The third-order valence-electron chi connectivity index (χ3n) is 12.8.